The van der Waals surface area contributed by atoms with Gasteiger partial charge in [-0.15, -0.1) is 5.10 Å². The summed E-state index contributed by atoms with van der Waals surface area (Å²) >= 11 is 0. The highest BCUT2D eigenvalue weighted by molar-refractivity contribution is 6.24. The van der Waals surface area contributed by atoms with Crippen LogP contribution in [-0.2, 0) is 16.8 Å². The van der Waals surface area contributed by atoms with Crippen molar-refractivity contribution in [2.45, 2.75) is 50.7 Å². The number of nitrogens with one attached hydrogen (secondary N) is 1. The Balaban J connectivity index is 1.18. The van der Waals surface area contributed by atoms with Crippen LogP contribution >= 0.6 is 0 Å². The van der Waals surface area contributed by atoms with Crippen LogP contribution in [-0.4, -0.2) is 51.0 Å². The predicted octanol–water partition coefficient (Wildman–Crippen LogP) is 4.27. The summed E-state index contributed by atoms with van der Waals surface area (Å²) in [5.74, 6) is -0.887. The number of hydrogen-bond acceptors (Lipinski definition) is 4. The molecule has 1 saturated carbocycles. The van der Waals surface area contributed by atoms with Gasteiger partial charge in [0, 0.05) is 41.3 Å². The van der Waals surface area contributed by atoms with E-state index in [-0.39, 0.29) is 37.3 Å². The molecule has 1 aliphatic carbocycles. The zero-order valence-corrected chi connectivity index (χ0v) is 19.2. The molecule has 3 aliphatic rings. The molecule has 3 aromatic rings. The minimum absolute atomic E-state index is 0.105. The highest BCUT2D eigenvalue weighted by Crippen LogP contribution is 2.59. The standard InChI is InChI=1S/C25H24F3N5O2/c1-23(9-11-32(12-10-23)22(35)24(7-8-24)25(26,27)28)19-14-33(31-30-19)13-15-5-6-18-20-16(15)3-2-4-17(20)21(34)29-18/h2-6,14H,7-13H2,1H3,(H,29,34). The summed E-state index contributed by atoms with van der Waals surface area (Å²) < 4.78 is 41.9. The minimum Gasteiger partial charge on any atom is -0.342 e. The highest BCUT2D eigenvalue weighted by Gasteiger charge is 2.69. The third kappa shape index (κ3) is 3.33. The maximum atomic E-state index is 13.4. The summed E-state index contributed by atoms with van der Waals surface area (Å²) in [7, 11) is 0. The van der Waals surface area contributed by atoms with Gasteiger partial charge in [-0.2, -0.15) is 13.2 Å². The lowest BCUT2D eigenvalue weighted by molar-refractivity contribution is -0.199. The number of carbonyl (C=O) groups excluding carboxylic acids is 2. The van der Waals surface area contributed by atoms with Gasteiger partial charge >= 0.3 is 6.18 Å². The van der Waals surface area contributed by atoms with Gasteiger partial charge < -0.3 is 10.2 Å². The number of benzene rings is 2. The Morgan fingerprint density at radius 2 is 1.86 bits per heavy atom. The fraction of sp³-hybridized carbons (Fsp3) is 0.440. The molecular formula is C25H24F3N5O2. The van der Waals surface area contributed by atoms with Crippen LogP contribution in [0, 0.1) is 5.41 Å². The Morgan fingerprint density at radius 1 is 1.11 bits per heavy atom. The first kappa shape index (κ1) is 22.1. The van der Waals surface area contributed by atoms with Gasteiger partial charge in [0.25, 0.3) is 5.91 Å². The molecule has 3 heterocycles. The summed E-state index contributed by atoms with van der Waals surface area (Å²) in [5, 5.41) is 13.5. The molecule has 1 N–H and O–H groups in total. The Morgan fingerprint density at radius 3 is 2.54 bits per heavy atom. The zero-order valence-electron chi connectivity index (χ0n) is 19.2. The first-order valence-corrected chi connectivity index (χ1v) is 11.7. The average Bonchev–Trinajstić information content (AvgIpc) is 3.42. The lowest BCUT2D eigenvalue weighted by Crippen LogP contribution is -2.49. The van der Waals surface area contributed by atoms with Gasteiger partial charge in [-0.05, 0) is 48.8 Å². The van der Waals surface area contributed by atoms with Gasteiger partial charge in [-0.25, -0.2) is 4.68 Å². The lowest BCUT2D eigenvalue weighted by atomic mass is 9.77. The quantitative estimate of drug-likeness (QED) is 0.601. The van der Waals surface area contributed by atoms with E-state index >= 15 is 0 Å². The van der Waals surface area contributed by atoms with Gasteiger partial charge in [0.05, 0.1) is 12.2 Å². The third-order valence-corrected chi connectivity index (χ3v) is 7.97. The van der Waals surface area contributed by atoms with Crippen LogP contribution in [0.2, 0.25) is 0 Å². The Hall–Kier alpha value is -3.43. The normalized spacial score (nSPS) is 20.2. The second-order valence-corrected chi connectivity index (χ2v) is 10.2. The Kier molecular flexibility index (Phi) is 4.59. The van der Waals surface area contributed by atoms with E-state index in [0.717, 1.165) is 27.7 Å². The molecule has 0 atom stereocenters. The van der Waals surface area contributed by atoms with Crippen LogP contribution in [0.15, 0.2) is 36.5 Å². The van der Waals surface area contributed by atoms with Crippen molar-refractivity contribution in [3.05, 3.63) is 53.3 Å². The maximum absolute atomic E-state index is 13.4. The van der Waals surface area contributed by atoms with Crippen LogP contribution in [0.4, 0.5) is 18.9 Å². The van der Waals surface area contributed by atoms with Gasteiger partial charge in [0.15, 0.2) is 0 Å². The minimum atomic E-state index is -4.49. The van der Waals surface area contributed by atoms with E-state index in [2.05, 4.69) is 15.6 Å². The van der Waals surface area contributed by atoms with Crippen molar-refractivity contribution in [1.29, 1.82) is 0 Å². The van der Waals surface area contributed by atoms with Crippen LogP contribution in [0.5, 0.6) is 0 Å². The SMILES string of the molecule is CC1(c2cn(Cc3ccc4c5c(cccc35)C(=O)N4)nn2)CCN(C(=O)C2(C(F)(F)F)CC2)CC1. The third-order valence-electron chi connectivity index (χ3n) is 7.97. The maximum Gasteiger partial charge on any atom is 0.403 e. The van der Waals surface area contributed by atoms with Crippen LogP contribution in [0.1, 0.15) is 54.2 Å². The largest absolute Gasteiger partial charge is 0.403 e. The Bertz CT molecular complexity index is 1370. The van der Waals surface area contributed by atoms with Crippen LogP contribution < -0.4 is 5.32 Å². The fourth-order valence-electron chi connectivity index (χ4n) is 5.42. The monoisotopic (exact) mass is 483 g/mol. The topological polar surface area (TPSA) is 80.1 Å². The first-order valence-electron chi connectivity index (χ1n) is 11.7. The number of rotatable bonds is 4. The first-order chi connectivity index (χ1) is 16.6. The second-order valence-electron chi connectivity index (χ2n) is 10.2. The lowest BCUT2D eigenvalue weighted by Gasteiger charge is -2.39. The van der Waals surface area contributed by atoms with E-state index in [0.29, 0.717) is 24.9 Å². The van der Waals surface area contributed by atoms with Gasteiger partial charge in [0.2, 0.25) is 5.91 Å². The van der Waals surface area contributed by atoms with Gasteiger partial charge in [-0.1, -0.05) is 30.3 Å². The molecular weight excluding hydrogens is 459 g/mol. The number of piperidine rings is 1. The molecule has 0 bridgehead atoms. The van der Waals surface area contributed by atoms with Crippen molar-refractivity contribution in [2.75, 3.05) is 18.4 Å². The molecule has 0 radical (unpaired) electrons. The van der Waals surface area contributed by atoms with Crippen LogP contribution in [0.25, 0.3) is 10.8 Å². The van der Waals surface area contributed by atoms with Crippen molar-refractivity contribution in [1.82, 2.24) is 19.9 Å². The van der Waals surface area contributed by atoms with Crippen molar-refractivity contribution < 1.29 is 22.8 Å². The molecule has 7 nitrogen and oxygen atoms in total. The molecule has 1 saturated heterocycles. The molecule has 35 heavy (non-hydrogen) atoms. The Labute approximate surface area is 199 Å². The number of anilines is 1. The predicted molar refractivity (Wildman–Crippen MR) is 122 cm³/mol. The molecule has 0 unspecified atom stereocenters. The number of nitrogens with zero attached hydrogens (tertiary/aromatic N) is 4. The zero-order chi connectivity index (χ0) is 24.6. The summed E-state index contributed by atoms with van der Waals surface area (Å²) in [5.41, 5.74) is 0.698. The molecule has 2 amide bonds. The molecule has 182 valence electrons. The smallest absolute Gasteiger partial charge is 0.342 e. The van der Waals surface area contributed by atoms with Crippen molar-refractivity contribution in [3.8, 4) is 0 Å². The van der Waals surface area contributed by atoms with Gasteiger partial charge in [-0.3, -0.25) is 9.59 Å². The molecule has 2 fully saturated rings. The van der Waals surface area contributed by atoms with Crippen LogP contribution in [0.3, 0.4) is 0 Å². The van der Waals surface area contributed by atoms with E-state index in [1.165, 1.54) is 4.90 Å². The van der Waals surface area contributed by atoms with E-state index in [9.17, 15) is 22.8 Å². The number of alkyl halides is 3. The van der Waals surface area contributed by atoms with Crippen molar-refractivity contribution in [2.24, 2.45) is 5.41 Å². The van der Waals surface area contributed by atoms with E-state index < -0.39 is 17.5 Å². The van der Waals surface area contributed by atoms with E-state index in [1.807, 2.05) is 43.5 Å². The number of likely N-dealkylation sites (tertiary alicyclic amines) is 1. The van der Waals surface area contributed by atoms with E-state index in [4.69, 9.17) is 0 Å². The molecule has 2 aliphatic heterocycles. The van der Waals surface area contributed by atoms with Crippen molar-refractivity contribution in [3.63, 3.8) is 0 Å². The summed E-state index contributed by atoms with van der Waals surface area (Å²) in [6.07, 6.45) is -1.78. The number of halogens is 3. The highest BCUT2D eigenvalue weighted by atomic mass is 19.4. The second kappa shape index (κ2) is 7.29. The average molecular weight is 483 g/mol. The molecule has 10 heteroatoms. The van der Waals surface area contributed by atoms with E-state index in [1.54, 1.807) is 4.68 Å². The molecule has 2 aromatic carbocycles. The summed E-state index contributed by atoms with van der Waals surface area (Å²) in [6.45, 7) is 3.04. The van der Waals surface area contributed by atoms with Gasteiger partial charge in [0.1, 0.15) is 5.41 Å². The summed E-state index contributed by atoms with van der Waals surface area (Å²) in [6, 6.07) is 9.52. The number of carbonyl (C=O) groups is 2. The summed E-state index contributed by atoms with van der Waals surface area (Å²) in [4.78, 5) is 26.2. The number of amides is 2. The number of hydrogen-bond donors (Lipinski definition) is 1. The molecule has 1 aromatic heterocycles. The van der Waals surface area contributed by atoms with Crippen molar-refractivity contribution >= 4 is 28.3 Å². The molecule has 0 spiro atoms. The molecule has 6 rings (SSSR count). The number of aromatic nitrogens is 3. The fourth-order valence-corrected chi connectivity index (χ4v) is 5.42.